The third kappa shape index (κ3) is 3.17. The first kappa shape index (κ1) is 13.7. The van der Waals surface area contributed by atoms with Crippen molar-refractivity contribution < 1.29 is 19.4 Å². The van der Waals surface area contributed by atoms with Gasteiger partial charge in [0.1, 0.15) is 0 Å². The lowest BCUT2D eigenvalue weighted by atomic mass is 10.1. The Morgan fingerprint density at radius 2 is 2.11 bits per heavy atom. The number of hydrogen-bond acceptors (Lipinski definition) is 4. The van der Waals surface area contributed by atoms with Crippen molar-refractivity contribution in [1.82, 2.24) is 4.90 Å². The highest BCUT2D eigenvalue weighted by Crippen LogP contribution is 2.28. The van der Waals surface area contributed by atoms with E-state index in [-0.39, 0.29) is 12.0 Å². The minimum Gasteiger partial charge on any atom is -0.493 e. The minimum atomic E-state index is -0.380. The molecule has 1 aliphatic heterocycles. The Balaban J connectivity index is 2.04. The highest BCUT2D eigenvalue weighted by Gasteiger charge is 2.24. The van der Waals surface area contributed by atoms with Crippen LogP contribution in [0.4, 0.5) is 0 Å². The van der Waals surface area contributed by atoms with E-state index < -0.39 is 0 Å². The number of β-amino-alcohol motifs (C(OH)–C–C–N with tert-alkyl or cyclic N) is 1. The highest BCUT2D eigenvalue weighted by atomic mass is 16.5. The molecule has 1 aromatic rings. The molecule has 5 nitrogen and oxygen atoms in total. The standard InChI is InChI=1S/C14H19NO4/c1-18-12-4-3-10(7-13(12)19-2)8-14(17)15-6-5-11(16)9-15/h3-4,7,11,16H,5-6,8-9H2,1-2H3/t11-/m0/s1. The molecule has 1 atom stereocenters. The molecule has 0 bridgehead atoms. The SMILES string of the molecule is COc1ccc(CC(=O)N2CC[C@H](O)C2)cc1OC. The molecular formula is C14H19NO4. The van der Waals surface area contributed by atoms with Crippen LogP contribution in [-0.4, -0.2) is 49.3 Å². The van der Waals surface area contributed by atoms with Crippen LogP contribution in [0.5, 0.6) is 11.5 Å². The van der Waals surface area contributed by atoms with Crippen LogP contribution < -0.4 is 9.47 Å². The quantitative estimate of drug-likeness (QED) is 0.876. The van der Waals surface area contributed by atoms with Gasteiger partial charge in [0.2, 0.25) is 5.91 Å². The molecular weight excluding hydrogens is 246 g/mol. The molecule has 0 saturated carbocycles. The second-order valence-electron chi connectivity index (χ2n) is 4.65. The summed E-state index contributed by atoms with van der Waals surface area (Å²) in [5.41, 5.74) is 0.879. The van der Waals surface area contributed by atoms with Gasteiger partial charge in [-0.15, -0.1) is 0 Å². The second kappa shape index (κ2) is 5.93. The number of methoxy groups -OCH3 is 2. The molecule has 0 radical (unpaired) electrons. The van der Waals surface area contributed by atoms with Crippen molar-refractivity contribution in [3.8, 4) is 11.5 Å². The summed E-state index contributed by atoms with van der Waals surface area (Å²) in [6.07, 6.45) is 0.597. The number of ether oxygens (including phenoxy) is 2. The molecule has 1 N–H and O–H groups in total. The molecule has 0 spiro atoms. The number of likely N-dealkylation sites (tertiary alicyclic amines) is 1. The molecule has 104 valence electrons. The van der Waals surface area contributed by atoms with E-state index in [2.05, 4.69) is 0 Å². The summed E-state index contributed by atoms with van der Waals surface area (Å²) in [6, 6.07) is 5.45. The molecule has 1 heterocycles. The maximum Gasteiger partial charge on any atom is 0.227 e. The van der Waals surface area contributed by atoms with Gasteiger partial charge in [0, 0.05) is 13.1 Å². The van der Waals surface area contributed by atoms with Crippen molar-refractivity contribution in [3.05, 3.63) is 23.8 Å². The number of amides is 1. The zero-order valence-electron chi connectivity index (χ0n) is 11.3. The fourth-order valence-electron chi connectivity index (χ4n) is 2.25. The molecule has 1 aliphatic rings. The average Bonchev–Trinajstić information content (AvgIpc) is 2.85. The van der Waals surface area contributed by atoms with Crippen LogP contribution in [0.2, 0.25) is 0 Å². The van der Waals surface area contributed by atoms with Crippen LogP contribution in [0.15, 0.2) is 18.2 Å². The highest BCUT2D eigenvalue weighted by molar-refractivity contribution is 5.79. The molecule has 0 unspecified atom stereocenters. The Morgan fingerprint density at radius 1 is 1.37 bits per heavy atom. The van der Waals surface area contributed by atoms with Crippen LogP contribution in [0.3, 0.4) is 0 Å². The zero-order chi connectivity index (χ0) is 13.8. The van der Waals surface area contributed by atoms with Gasteiger partial charge in [-0.2, -0.15) is 0 Å². The van der Waals surface area contributed by atoms with Gasteiger partial charge in [-0.25, -0.2) is 0 Å². The van der Waals surface area contributed by atoms with Gasteiger partial charge in [-0.05, 0) is 24.1 Å². The Morgan fingerprint density at radius 3 is 2.68 bits per heavy atom. The maximum absolute atomic E-state index is 12.1. The van der Waals surface area contributed by atoms with Gasteiger partial charge in [0.15, 0.2) is 11.5 Å². The van der Waals surface area contributed by atoms with Crippen molar-refractivity contribution in [3.63, 3.8) is 0 Å². The van der Waals surface area contributed by atoms with Gasteiger partial charge in [-0.3, -0.25) is 4.79 Å². The minimum absolute atomic E-state index is 0.0313. The largest absolute Gasteiger partial charge is 0.493 e. The van der Waals surface area contributed by atoms with Gasteiger partial charge < -0.3 is 19.5 Å². The Kier molecular flexibility index (Phi) is 4.27. The zero-order valence-corrected chi connectivity index (χ0v) is 11.3. The first-order valence-electron chi connectivity index (χ1n) is 6.30. The van der Waals surface area contributed by atoms with Crippen molar-refractivity contribution in [1.29, 1.82) is 0 Å². The molecule has 19 heavy (non-hydrogen) atoms. The third-order valence-electron chi connectivity index (χ3n) is 3.32. The van der Waals surface area contributed by atoms with E-state index in [9.17, 15) is 9.90 Å². The number of hydrogen-bond donors (Lipinski definition) is 1. The molecule has 1 aromatic carbocycles. The van der Waals surface area contributed by atoms with E-state index in [1.54, 1.807) is 25.2 Å². The van der Waals surface area contributed by atoms with E-state index in [0.717, 1.165) is 5.56 Å². The summed E-state index contributed by atoms with van der Waals surface area (Å²) in [4.78, 5) is 13.8. The number of aliphatic hydroxyl groups excluding tert-OH is 1. The second-order valence-corrected chi connectivity index (χ2v) is 4.65. The first-order valence-corrected chi connectivity index (χ1v) is 6.30. The summed E-state index contributed by atoms with van der Waals surface area (Å²) < 4.78 is 10.4. The number of carbonyl (C=O) groups excluding carboxylic acids is 1. The molecule has 1 fully saturated rings. The normalized spacial score (nSPS) is 18.5. The van der Waals surface area contributed by atoms with Crippen LogP contribution in [0.25, 0.3) is 0 Å². The number of aliphatic hydroxyl groups is 1. The number of benzene rings is 1. The van der Waals surface area contributed by atoms with E-state index in [4.69, 9.17) is 9.47 Å². The van der Waals surface area contributed by atoms with Gasteiger partial charge in [-0.1, -0.05) is 6.07 Å². The number of nitrogens with zero attached hydrogens (tertiary/aromatic N) is 1. The smallest absolute Gasteiger partial charge is 0.227 e. The van der Waals surface area contributed by atoms with E-state index in [0.29, 0.717) is 37.4 Å². The van der Waals surface area contributed by atoms with Gasteiger partial charge in [0.25, 0.3) is 0 Å². The molecule has 0 aliphatic carbocycles. The lowest BCUT2D eigenvalue weighted by molar-refractivity contribution is -0.129. The van der Waals surface area contributed by atoms with Crippen molar-refractivity contribution in [2.75, 3.05) is 27.3 Å². The van der Waals surface area contributed by atoms with Gasteiger partial charge >= 0.3 is 0 Å². The predicted molar refractivity (Wildman–Crippen MR) is 70.5 cm³/mol. The summed E-state index contributed by atoms with van der Waals surface area (Å²) in [6.45, 7) is 1.07. The van der Waals surface area contributed by atoms with E-state index in [1.165, 1.54) is 0 Å². The van der Waals surface area contributed by atoms with Crippen molar-refractivity contribution >= 4 is 5.91 Å². The van der Waals surface area contributed by atoms with E-state index in [1.807, 2.05) is 12.1 Å². The van der Waals surface area contributed by atoms with Crippen LogP contribution in [0.1, 0.15) is 12.0 Å². The molecule has 1 saturated heterocycles. The Labute approximate surface area is 112 Å². The topological polar surface area (TPSA) is 59.0 Å². The molecule has 5 heteroatoms. The lowest BCUT2D eigenvalue weighted by Crippen LogP contribution is -2.30. The summed E-state index contributed by atoms with van der Waals surface area (Å²) in [5, 5.41) is 9.43. The van der Waals surface area contributed by atoms with E-state index >= 15 is 0 Å². The third-order valence-corrected chi connectivity index (χ3v) is 3.32. The van der Waals surface area contributed by atoms with Crippen molar-refractivity contribution in [2.24, 2.45) is 0 Å². The number of rotatable bonds is 4. The Bertz CT molecular complexity index is 461. The fourth-order valence-corrected chi connectivity index (χ4v) is 2.25. The summed E-state index contributed by atoms with van der Waals surface area (Å²) >= 11 is 0. The summed E-state index contributed by atoms with van der Waals surface area (Å²) in [7, 11) is 3.15. The maximum atomic E-state index is 12.1. The average molecular weight is 265 g/mol. The van der Waals surface area contributed by atoms with Crippen molar-refractivity contribution in [2.45, 2.75) is 18.9 Å². The predicted octanol–water partition coefficient (Wildman–Crippen LogP) is 0.839. The van der Waals surface area contributed by atoms with Crippen LogP contribution in [-0.2, 0) is 11.2 Å². The fraction of sp³-hybridized carbons (Fsp3) is 0.500. The number of carbonyl (C=O) groups is 1. The monoisotopic (exact) mass is 265 g/mol. The molecule has 2 rings (SSSR count). The van der Waals surface area contributed by atoms with Gasteiger partial charge in [0.05, 0.1) is 26.7 Å². The Hall–Kier alpha value is -1.75. The molecule has 0 aromatic heterocycles. The molecule has 1 amide bonds. The lowest BCUT2D eigenvalue weighted by Gasteiger charge is -2.16. The van der Waals surface area contributed by atoms with Crippen LogP contribution >= 0.6 is 0 Å². The first-order chi connectivity index (χ1) is 9.13. The summed E-state index contributed by atoms with van der Waals surface area (Å²) in [5.74, 6) is 1.30. The van der Waals surface area contributed by atoms with Crippen LogP contribution in [0, 0.1) is 0 Å².